The van der Waals surface area contributed by atoms with Crippen molar-refractivity contribution in [3.05, 3.63) is 71.8 Å². The van der Waals surface area contributed by atoms with Crippen LogP contribution in [0.1, 0.15) is 90.7 Å². The van der Waals surface area contributed by atoms with Crippen LogP contribution in [0.15, 0.2) is 60.7 Å². The molecule has 1 aliphatic heterocycles. The minimum absolute atomic E-state index is 0.0200. The minimum Gasteiger partial charge on any atom is -0.461 e. The Labute approximate surface area is 313 Å². The number of rotatable bonds is 19. The number of benzene rings is 2. The second-order valence-electron chi connectivity index (χ2n) is 15.0. The van der Waals surface area contributed by atoms with Gasteiger partial charge in [-0.25, -0.2) is 4.79 Å². The number of amides is 5. The molecule has 13 nitrogen and oxygen atoms in total. The summed E-state index contributed by atoms with van der Waals surface area (Å²) in [4.78, 5) is 80.1. The molecule has 0 bridgehead atoms. The third-order valence-corrected chi connectivity index (χ3v) is 8.76. The number of ether oxygens (including phenoxy) is 2. The van der Waals surface area contributed by atoms with Gasteiger partial charge in [0, 0.05) is 13.1 Å². The van der Waals surface area contributed by atoms with Crippen LogP contribution >= 0.6 is 0 Å². The summed E-state index contributed by atoms with van der Waals surface area (Å²) in [6, 6.07) is 15.8. The van der Waals surface area contributed by atoms with Crippen molar-refractivity contribution in [3.8, 4) is 0 Å². The topological polar surface area (TPSA) is 186 Å². The Morgan fingerprint density at radius 3 is 2.13 bits per heavy atom. The molecule has 1 saturated heterocycles. The zero-order chi connectivity index (χ0) is 39.0. The predicted molar refractivity (Wildman–Crippen MR) is 200 cm³/mol. The Morgan fingerprint density at radius 1 is 0.887 bits per heavy atom. The van der Waals surface area contributed by atoms with Gasteiger partial charge < -0.3 is 36.1 Å². The van der Waals surface area contributed by atoms with E-state index in [1.807, 2.05) is 74.5 Å². The number of carbonyl (C=O) groups excluding carboxylic acids is 6. The summed E-state index contributed by atoms with van der Waals surface area (Å²) in [7, 11) is 0. The van der Waals surface area contributed by atoms with Crippen LogP contribution in [0, 0.1) is 11.8 Å². The van der Waals surface area contributed by atoms with E-state index in [1.165, 1.54) is 4.90 Å². The molecule has 1 heterocycles. The van der Waals surface area contributed by atoms with Gasteiger partial charge in [0.2, 0.25) is 23.6 Å². The van der Waals surface area contributed by atoms with Gasteiger partial charge in [-0.15, -0.1) is 0 Å². The molecule has 0 unspecified atom stereocenters. The smallest absolute Gasteiger partial charge is 0.407 e. The van der Waals surface area contributed by atoms with Gasteiger partial charge in [0.25, 0.3) is 0 Å². The van der Waals surface area contributed by atoms with E-state index in [-0.39, 0.29) is 31.8 Å². The summed E-state index contributed by atoms with van der Waals surface area (Å²) in [5.74, 6) is -3.38. The quantitative estimate of drug-likeness (QED) is 0.122. The first-order valence-electron chi connectivity index (χ1n) is 18.5. The van der Waals surface area contributed by atoms with E-state index in [0.29, 0.717) is 45.2 Å². The number of likely N-dealkylation sites (tertiary alicyclic amines) is 1. The highest BCUT2D eigenvalue weighted by molar-refractivity contribution is 5.95. The SMILES string of the molecule is CC(C)C[C@H](NC(=O)[C@@H](CC(=O)OCc1ccccc1)Cc1ccccc1)C(=O)N1CCC[C@H]1C(=O)N[C@@H](CCCCNC(=O)OC(C)(C)C)C(N)=O. The van der Waals surface area contributed by atoms with Crippen molar-refractivity contribution in [3.63, 3.8) is 0 Å². The van der Waals surface area contributed by atoms with E-state index in [1.54, 1.807) is 20.8 Å². The first-order valence-corrected chi connectivity index (χ1v) is 18.5. The number of primary amides is 1. The molecular formula is C40H57N5O8. The normalized spacial score (nSPS) is 15.9. The highest BCUT2D eigenvalue weighted by Gasteiger charge is 2.39. The van der Waals surface area contributed by atoms with Gasteiger partial charge in [-0.2, -0.15) is 0 Å². The van der Waals surface area contributed by atoms with Crippen LogP contribution < -0.4 is 21.7 Å². The summed E-state index contributed by atoms with van der Waals surface area (Å²) in [5, 5.41) is 8.31. The van der Waals surface area contributed by atoms with Gasteiger partial charge in [0.15, 0.2) is 0 Å². The van der Waals surface area contributed by atoms with Crippen LogP contribution in [0.25, 0.3) is 0 Å². The summed E-state index contributed by atoms with van der Waals surface area (Å²) < 4.78 is 10.7. The number of alkyl carbamates (subject to hydrolysis) is 1. The second kappa shape index (κ2) is 20.9. The van der Waals surface area contributed by atoms with Crippen molar-refractivity contribution in [2.45, 2.75) is 116 Å². The molecule has 0 radical (unpaired) electrons. The lowest BCUT2D eigenvalue weighted by Crippen LogP contribution is -2.56. The van der Waals surface area contributed by atoms with Crippen molar-refractivity contribution >= 4 is 35.7 Å². The molecule has 2 aromatic carbocycles. The molecule has 1 aliphatic rings. The molecule has 53 heavy (non-hydrogen) atoms. The molecule has 4 atom stereocenters. The lowest BCUT2D eigenvalue weighted by Gasteiger charge is -2.31. The summed E-state index contributed by atoms with van der Waals surface area (Å²) in [6.07, 6.45) is 2.06. The van der Waals surface area contributed by atoms with E-state index in [4.69, 9.17) is 15.2 Å². The average Bonchev–Trinajstić information content (AvgIpc) is 3.59. The fourth-order valence-corrected chi connectivity index (χ4v) is 6.17. The summed E-state index contributed by atoms with van der Waals surface area (Å²) in [6.45, 7) is 9.88. The van der Waals surface area contributed by atoms with E-state index < -0.39 is 65.3 Å². The number of nitrogens with two attached hydrogens (primary N) is 1. The fraction of sp³-hybridized carbons (Fsp3) is 0.550. The largest absolute Gasteiger partial charge is 0.461 e. The zero-order valence-corrected chi connectivity index (χ0v) is 31.7. The number of nitrogens with zero attached hydrogens (tertiary/aromatic N) is 1. The molecule has 5 amide bonds. The molecule has 0 saturated carbocycles. The van der Waals surface area contributed by atoms with Crippen molar-refractivity contribution < 1.29 is 38.2 Å². The van der Waals surface area contributed by atoms with Gasteiger partial charge in [0.05, 0.1) is 12.3 Å². The standard InChI is InChI=1S/C40H57N5O8/c1-27(2)23-32(44-36(48)30(24-28-15-8-6-9-16-28)25-34(46)52-26-29-17-10-7-11-18-29)38(50)45-22-14-20-33(45)37(49)43-31(35(41)47)19-12-13-21-42-39(51)53-40(3,4)5/h6-11,15-18,27,30-33H,12-14,19-26H2,1-5H3,(H2,41,47)(H,42,51)(H,43,49)(H,44,48)/t30-,31+,32+,33+/m1/s1. The summed E-state index contributed by atoms with van der Waals surface area (Å²) >= 11 is 0. The van der Waals surface area contributed by atoms with Crippen LogP contribution in [0.2, 0.25) is 0 Å². The van der Waals surface area contributed by atoms with Gasteiger partial charge >= 0.3 is 12.1 Å². The highest BCUT2D eigenvalue weighted by atomic mass is 16.6. The molecule has 5 N–H and O–H groups in total. The van der Waals surface area contributed by atoms with E-state index in [2.05, 4.69) is 16.0 Å². The monoisotopic (exact) mass is 735 g/mol. The zero-order valence-electron chi connectivity index (χ0n) is 31.7. The molecule has 0 aliphatic carbocycles. The van der Waals surface area contributed by atoms with Crippen molar-refractivity contribution in [1.82, 2.24) is 20.9 Å². The van der Waals surface area contributed by atoms with Crippen LogP contribution in [-0.2, 0) is 46.5 Å². The lowest BCUT2D eigenvalue weighted by atomic mass is 9.94. The number of esters is 1. The second-order valence-corrected chi connectivity index (χ2v) is 15.0. The molecule has 1 fully saturated rings. The predicted octanol–water partition coefficient (Wildman–Crippen LogP) is 4.17. The molecule has 2 aromatic rings. The van der Waals surface area contributed by atoms with Gasteiger partial charge in [-0.1, -0.05) is 74.5 Å². The first kappa shape index (κ1) is 42.5. The molecule has 3 rings (SSSR count). The van der Waals surface area contributed by atoms with Gasteiger partial charge in [-0.3, -0.25) is 24.0 Å². The Morgan fingerprint density at radius 2 is 1.53 bits per heavy atom. The molecule has 0 spiro atoms. The van der Waals surface area contributed by atoms with Crippen LogP contribution in [0.3, 0.4) is 0 Å². The number of nitrogens with one attached hydrogen (secondary N) is 3. The number of carbonyl (C=O) groups is 6. The molecule has 290 valence electrons. The average molecular weight is 736 g/mol. The maximum absolute atomic E-state index is 14.1. The van der Waals surface area contributed by atoms with Crippen molar-refractivity contribution in [2.24, 2.45) is 17.6 Å². The highest BCUT2D eigenvalue weighted by Crippen LogP contribution is 2.22. The fourth-order valence-electron chi connectivity index (χ4n) is 6.17. The van der Waals surface area contributed by atoms with E-state index in [9.17, 15) is 28.8 Å². The summed E-state index contributed by atoms with van der Waals surface area (Å²) in [5.41, 5.74) is 6.69. The van der Waals surface area contributed by atoms with Crippen LogP contribution in [0.4, 0.5) is 4.79 Å². The number of hydrogen-bond donors (Lipinski definition) is 4. The van der Waals surface area contributed by atoms with Crippen molar-refractivity contribution in [1.29, 1.82) is 0 Å². The van der Waals surface area contributed by atoms with Crippen LogP contribution in [0.5, 0.6) is 0 Å². The number of hydrogen-bond acceptors (Lipinski definition) is 8. The van der Waals surface area contributed by atoms with Gasteiger partial charge in [-0.05, 0) is 82.8 Å². The van der Waals surface area contributed by atoms with Crippen molar-refractivity contribution in [2.75, 3.05) is 13.1 Å². The van der Waals surface area contributed by atoms with E-state index in [0.717, 1.165) is 11.1 Å². The molecular weight excluding hydrogens is 678 g/mol. The third kappa shape index (κ3) is 15.3. The Kier molecular flexibility index (Phi) is 16.8. The minimum atomic E-state index is -0.965. The maximum atomic E-state index is 14.1. The Hall–Kier alpha value is -4.94. The Balaban J connectivity index is 1.65. The number of unbranched alkanes of at least 4 members (excludes halogenated alkanes) is 1. The maximum Gasteiger partial charge on any atom is 0.407 e. The Bertz CT molecular complexity index is 1510. The van der Waals surface area contributed by atoms with E-state index >= 15 is 0 Å². The van der Waals surface area contributed by atoms with Crippen LogP contribution in [-0.4, -0.2) is 77.4 Å². The first-order chi connectivity index (χ1) is 25.1. The van der Waals surface area contributed by atoms with Gasteiger partial charge in [0.1, 0.15) is 30.3 Å². The molecule has 13 heteroatoms. The molecule has 0 aromatic heterocycles. The third-order valence-electron chi connectivity index (χ3n) is 8.76. The lowest BCUT2D eigenvalue weighted by molar-refractivity contribution is -0.148.